The summed E-state index contributed by atoms with van der Waals surface area (Å²) in [5.74, 6) is 0. The van der Waals surface area contributed by atoms with Crippen molar-refractivity contribution in [2.75, 3.05) is 7.11 Å². The average Bonchev–Trinajstić information content (AvgIpc) is 2.63. The Balaban J connectivity index is 2.58. The normalized spacial score (nSPS) is 11.2. The van der Waals surface area contributed by atoms with Gasteiger partial charge in [-0.1, -0.05) is 15.9 Å². The molecule has 0 fully saturated rings. The summed E-state index contributed by atoms with van der Waals surface area (Å²) in [4.78, 5) is 5.35. The summed E-state index contributed by atoms with van der Waals surface area (Å²) in [6.07, 6.45) is 1.91. The second kappa shape index (κ2) is 3.74. The first-order chi connectivity index (χ1) is 8.22. The standard InChI is InChI=1S/C13H12BrN2O/c1-15-12-6-5-9(14)8-11(12)10-4-3-7-16(17-2)13(10)15/h3-8H,1-2H3/q+1. The molecular formula is C13H12BrN2O+. The second-order valence-corrected chi connectivity index (χ2v) is 4.89. The fourth-order valence-corrected chi connectivity index (χ4v) is 2.66. The van der Waals surface area contributed by atoms with Crippen LogP contribution < -0.4 is 9.57 Å². The van der Waals surface area contributed by atoms with Gasteiger partial charge in [0.15, 0.2) is 0 Å². The van der Waals surface area contributed by atoms with Crippen molar-refractivity contribution in [2.24, 2.45) is 7.05 Å². The van der Waals surface area contributed by atoms with Crippen LogP contribution in [0, 0.1) is 0 Å². The zero-order chi connectivity index (χ0) is 12.0. The smallest absolute Gasteiger partial charge is 0.329 e. The van der Waals surface area contributed by atoms with E-state index in [0.717, 1.165) is 10.1 Å². The van der Waals surface area contributed by atoms with E-state index in [1.54, 1.807) is 11.8 Å². The number of aromatic nitrogens is 2. The number of benzene rings is 1. The van der Waals surface area contributed by atoms with Crippen molar-refractivity contribution in [1.82, 2.24) is 4.57 Å². The summed E-state index contributed by atoms with van der Waals surface area (Å²) in [7, 11) is 3.72. The maximum atomic E-state index is 5.35. The van der Waals surface area contributed by atoms with E-state index < -0.39 is 0 Å². The molecule has 2 aromatic heterocycles. The molecule has 0 saturated heterocycles. The SMILES string of the molecule is CO[n+]1cccc2c3cc(Br)ccc3n(C)c21. The Morgan fingerprint density at radius 2 is 2.06 bits per heavy atom. The van der Waals surface area contributed by atoms with Gasteiger partial charge in [0.1, 0.15) is 18.8 Å². The van der Waals surface area contributed by atoms with Crippen molar-refractivity contribution in [3.63, 3.8) is 0 Å². The van der Waals surface area contributed by atoms with Gasteiger partial charge in [-0.15, -0.1) is 0 Å². The van der Waals surface area contributed by atoms with E-state index in [4.69, 9.17) is 4.84 Å². The molecule has 0 spiro atoms. The molecule has 3 aromatic rings. The third kappa shape index (κ3) is 1.44. The van der Waals surface area contributed by atoms with Crippen LogP contribution in [0.25, 0.3) is 21.9 Å². The first-order valence-electron chi connectivity index (χ1n) is 5.35. The highest BCUT2D eigenvalue weighted by atomic mass is 79.9. The third-order valence-electron chi connectivity index (χ3n) is 3.06. The van der Waals surface area contributed by atoms with E-state index in [1.165, 1.54) is 16.3 Å². The molecule has 0 radical (unpaired) electrons. The molecule has 0 atom stereocenters. The van der Waals surface area contributed by atoms with Crippen molar-refractivity contribution in [1.29, 1.82) is 0 Å². The van der Waals surface area contributed by atoms with Gasteiger partial charge in [-0.05, 0) is 35.1 Å². The molecule has 1 aromatic carbocycles. The summed E-state index contributed by atoms with van der Waals surface area (Å²) in [5.41, 5.74) is 2.25. The molecule has 0 bridgehead atoms. The zero-order valence-corrected chi connectivity index (χ0v) is 11.2. The number of hydrogen-bond acceptors (Lipinski definition) is 1. The Hall–Kier alpha value is -1.55. The highest BCUT2D eigenvalue weighted by molar-refractivity contribution is 9.10. The van der Waals surface area contributed by atoms with Crippen LogP contribution in [-0.2, 0) is 7.05 Å². The van der Waals surface area contributed by atoms with Crippen LogP contribution in [-0.4, -0.2) is 11.7 Å². The van der Waals surface area contributed by atoms with Crippen LogP contribution in [0.2, 0.25) is 0 Å². The highest BCUT2D eigenvalue weighted by Gasteiger charge is 2.18. The van der Waals surface area contributed by atoms with Gasteiger partial charge in [0.25, 0.3) is 0 Å². The molecule has 17 heavy (non-hydrogen) atoms. The van der Waals surface area contributed by atoms with E-state index in [1.807, 2.05) is 19.3 Å². The van der Waals surface area contributed by atoms with Crippen molar-refractivity contribution in [3.05, 3.63) is 41.0 Å². The lowest BCUT2D eigenvalue weighted by molar-refractivity contribution is -0.867. The van der Waals surface area contributed by atoms with Gasteiger partial charge in [-0.25, -0.2) is 4.57 Å². The molecule has 2 heterocycles. The molecule has 3 nitrogen and oxygen atoms in total. The lowest BCUT2D eigenvalue weighted by Crippen LogP contribution is -2.41. The minimum absolute atomic E-state index is 1.06. The summed E-state index contributed by atoms with van der Waals surface area (Å²) in [5, 5.41) is 2.41. The largest absolute Gasteiger partial charge is 0.339 e. The van der Waals surface area contributed by atoms with Gasteiger partial charge in [0.05, 0.1) is 12.4 Å². The molecule has 4 heteroatoms. The summed E-state index contributed by atoms with van der Waals surface area (Å²) in [6, 6.07) is 10.4. The predicted octanol–water partition coefficient (Wildman–Crippen LogP) is 2.44. The average molecular weight is 292 g/mol. The Morgan fingerprint density at radius 3 is 2.82 bits per heavy atom. The molecule has 3 rings (SSSR count). The van der Waals surface area contributed by atoms with E-state index >= 15 is 0 Å². The van der Waals surface area contributed by atoms with Gasteiger partial charge < -0.3 is 4.84 Å². The van der Waals surface area contributed by atoms with Crippen molar-refractivity contribution in [2.45, 2.75) is 0 Å². The number of fused-ring (bicyclic) bond motifs is 3. The van der Waals surface area contributed by atoms with Crippen LogP contribution >= 0.6 is 15.9 Å². The van der Waals surface area contributed by atoms with Crippen LogP contribution in [0.4, 0.5) is 0 Å². The van der Waals surface area contributed by atoms with E-state index in [-0.39, 0.29) is 0 Å². The topological polar surface area (TPSA) is 18.0 Å². The number of nitrogens with zero attached hydrogens (tertiary/aromatic N) is 2. The maximum absolute atomic E-state index is 5.35. The van der Waals surface area contributed by atoms with Gasteiger partial charge in [-0.2, -0.15) is 0 Å². The summed E-state index contributed by atoms with van der Waals surface area (Å²) >= 11 is 3.52. The number of aryl methyl sites for hydroxylation is 1. The molecule has 0 N–H and O–H groups in total. The number of pyridine rings is 1. The van der Waals surface area contributed by atoms with E-state index in [0.29, 0.717) is 0 Å². The van der Waals surface area contributed by atoms with Gasteiger partial charge >= 0.3 is 5.65 Å². The van der Waals surface area contributed by atoms with Crippen LogP contribution in [0.5, 0.6) is 0 Å². The second-order valence-electron chi connectivity index (χ2n) is 3.97. The Bertz CT molecular complexity index is 718. The molecule has 0 aliphatic carbocycles. The fourth-order valence-electron chi connectivity index (χ4n) is 2.30. The maximum Gasteiger partial charge on any atom is 0.329 e. The molecule has 0 aliphatic rings. The van der Waals surface area contributed by atoms with Crippen LogP contribution in [0.15, 0.2) is 41.0 Å². The zero-order valence-electron chi connectivity index (χ0n) is 9.64. The monoisotopic (exact) mass is 291 g/mol. The molecule has 86 valence electrons. The number of halogens is 1. The molecule has 0 unspecified atom stereocenters. The molecule has 0 aliphatic heterocycles. The molecule has 0 amide bonds. The van der Waals surface area contributed by atoms with Gasteiger partial charge in [-0.3, -0.25) is 0 Å². The van der Waals surface area contributed by atoms with Crippen LogP contribution in [0.1, 0.15) is 0 Å². The molecule has 0 saturated carbocycles. The fraction of sp³-hybridized carbons (Fsp3) is 0.154. The first-order valence-corrected chi connectivity index (χ1v) is 6.14. The Kier molecular flexibility index (Phi) is 2.33. The van der Waals surface area contributed by atoms with Crippen molar-refractivity contribution in [3.8, 4) is 0 Å². The molecular weight excluding hydrogens is 280 g/mol. The number of rotatable bonds is 1. The summed E-state index contributed by atoms with van der Waals surface area (Å²) < 4.78 is 5.01. The predicted molar refractivity (Wildman–Crippen MR) is 70.8 cm³/mol. The minimum atomic E-state index is 1.06. The lowest BCUT2D eigenvalue weighted by atomic mass is 10.2. The third-order valence-corrected chi connectivity index (χ3v) is 3.55. The number of hydrogen-bond donors (Lipinski definition) is 0. The van der Waals surface area contributed by atoms with E-state index in [2.05, 4.69) is 44.8 Å². The first kappa shape index (κ1) is 10.6. The van der Waals surface area contributed by atoms with E-state index in [9.17, 15) is 0 Å². The quantitative estimate of drug-likeness (QED) is 0.630. The van der Waals surface area contributed by atoms with Crippen LogP contribution in [0.3, 0.4) is 0 Å². The Labute approximate surface area is 107 Å². The van der Waals surface area contributed by atoms with Gasteiger partial charge in [0.2, 0.25) is 0 Å². The minimum Gasteiger partial charge on any atom is -0.339 e. The highest BCUT2D eigenvalue weighted by Crippen LogP contribution is 2.28. The Morgan fingerprint density at radius 1 is 1.24 bits per heavy atom. The lowest BCUT2D eigenvalue weighted by Gasteiger charge is -1.97. The van der Waals surface area contributed by atoms with Crippen molar-refractivity contribution < 1.29 is 9.57 Å². The van der Waals surface area contributed by atoms with Crippen molar-refractivity contribution >= 4 is 37.9 Å². The summed E-state index contributed by atoms with van der Waals surface area (Å²) in [6.45, 7) is 0. The van der Waals surface area contributed by atoms with Gasteiger partial charge in [0, 0.05) is 9.86 Å².